The van der Waals surface area contributed by atoms with Gasteiger partial charge < -0.3 is 20.1 Å². The second-order valence-corrected chi connectivity index (χ2v) is 4.68. The third kappa shape index (κ3) is 2.91. The minimum Gasteiger partial charge on any atom is -0.465 e. The molecule has 0 radical (unpaired) electrons. The van der Waals surface area contributed by atoms with Crippen LogP contribution in [0.5, 0.6) is 0 Å². The van der Waals surface area contributed by atoms with E-state index >= 15 is 0 Å². The first kappa shape index (κ1) is 13.1. The molecule has 2 N–H and O–H groups in total. The highest BCUT2D eigenvalue weighted by atomic mass is 16.5. The Morgan fingerprint density at radius 2 is 1.89 bits per heavy atom. The number of rotatable bonds is 2. The summed E-state index contributed by atoms with van der Waals surface area (Å²) < 4.78 is 5.28. The van der Waals surface area contributed by atoms with E-state index in [-0.39, 0.29) is 18.1 Å². The minimum atomic E-state index is -0.865. The molecule has 0 spiro atoms. The molecule has 2 aliphatic rings. The largest absolute Gasteiger partial charge is 0.465 e. The van der Waals surface area contributed by atoms with E-state index in [0.717, 1.165) is 6.54 Å². The molecule has 1 amide bonds. The second-order valence-electron chi connectivity index (χ2n) is 4.68. The quantitative estimate of drug-likeness (QED) is 0.629. The first-order valence-electron chi connectivity index (χ1n) is 6.18. The molecule has 2 atom stereocenters. The summed E-state index contributed by atoms with van der Waals surface area (Å²) in [7, 11) is 0. The molecule has 18 heavy (non-hydrogen) atoms. The van der Waals surface area contributed by atoms with Crippen LogP contribution >= 0.6 is 0 Å². The van der Waals surface area contributed by atoms with Crippen LogP contribution in [0.3, 0.4) is 0 Å². The molecule has 0 aromatic carbocycles. The first-order valence-corrected chi connectivity index (χ1v) is 6.18. The Balaban J connectivity index is 1.88. The Labute approximate surface area is 106 Å². The molecule has 102 valence electrons. The molecule has 7 nitrogen and oxygen atoms in total. The van der Waals surface area contributed by atoms with Crippen LogP contribution in [0.15, 0.2) is 0 Å². The summed E-state index contributed by atoms with van der Waals surface area (Å²) in [6, 6.07) is 0.157. The molecule has 0 aliphatic carbocycles. The fourth-order valence-corrected chi connectivity index (χ4v) is 2.58. The molecule has 2 saturated heterocycles. The van der Waals surface area contributed by atoms with Crippen LogP contribution in [0, 0.1) is 0 Å². The Morgan fingerprint density at radius 1 is 1.22 bits per heavy atom. The molecule has 2 fully saturated rings. The summed E-state index contributed by atoms with van der Waals surface area (Å²) in [6.45, 7) is 5.27. The van der Waals surface area contributed by atoms with Crippen molar-refractivity contribution in [3.8, 4) is 0 Å². The summed E-state index contributed by atoms with van der Waals surface area (Å²) in [5.41, 5.74) is 0. The Kier molecular flexibility index (Phi) is 4.03. The van der Waals surface area contributed by atoms with Crippen molar-refractivity contribution < 1.29 is 19.4 Å². The highest BCUT2D eigenvalue weighted by molar-refractivity contribution is 5.66. The maximum absolute atomic E-state index is 11.0. The molecule has 2 unspecified atom stereocenters. The summed E-state index contributed by atoms with van der Waals surface area (Å²) in [5, 5.41) is 12.1. The SMILES string of the molecule is CC(=O)OC1CNCC1N1CCN(C(=O)O)CC1. The van der Waals surface area contributed by atoms with Gasteiger partial charge in [0.1, 0.15) is 6.10 Å². The van der Waals surface area contributed by atoms with Crippen LogP contribution < -0.4 is 5.32 Å². The average Bonchev–Trinajstić information content (AvgIpc) is 2.76. The smallest absolute Gasteiger partial charge is 0.407 e. The van der Waals surface area contributed by atoms with Crippen molar-refractivity contribution in [2.24, 2.45) is 0 Å². The molecule has 2 heterocycles. The van der Waals surface area contributed by atoms with Crippen molar-refractivity contribution in [3.05, 3.63) is 0 Å². The third-order valence-electron chi connectivity index (χ3n) is 3.50. The molecule has 0 bridgehead atoms. The Hall–Kier alpha value is -1.34. The van der Waals surface area contributed by atoms with Crippen LogP contribution in [0.1, 0.15) is 6.92 Å². The van der Waals surface area contributed by atoms with Crippen molar-refractivity contribution in [3.63, 3.8) is 0 Å². The Morgan fingerprint density at radius 3 is 2.44 bits per heavy atom. The molecule has 0 saturated carbocycles. The maximum Gasteiger partial charge on any atom is 0.407 e. The van der Waals surface area contributed by atoms with Gasteiger partial charge in [-0.1, -0.05) is 0 Å². The molecule has 0 aromatic rings. The molecule has 7 heteroatoms. The lowest BCUT2D eigenvalue weighted by molar-refractivity contribution is -0.148. The van der Waals surface area contributed by atoms with Crippen molar-refractivity contribution in [1.29, 1.82) is 0 Å². The van der Waals surface area contributed by atoms with Crippen LogP contribution in [-0.2, 0) is 9.53 Å². The number of amides is 1. The van der Waals surface area contributed by atoms with Gasteiger partial charge in [0.2, 0.25) is 0 Å². The number of hydrogen-bond donors (Lipinski definition) is 2. The van der Waals surface area contributed by atoms with E-state index in [4.69, 9.17) is 9.84 Å². The predicted octanol–water partition coefficient (Wildman–Crippen LogP) is -0.814. The van der Waals surface area contributed by atoms with Crippen molar-refractivity contribution >= 4 is 12.1 Å². The summed E-state index contributed by atoms with van der Waals surface area (Å²) >= 11 is 0. The topological polar surface area (TPSA) is 82.1 Å². The standard InChI is InChI=1S/C11H19N3O4/c1-8(15)18-10-7-12-6-9(10)13-2-4-14(5-3-13)11(16)17/h9-10,12H,2-7H2,1H3,(H,16,17). The first-order chi connectivity index (χ1) is 8.58. The zero-order chi connectivity index (χ0) is 13.1. The van der Waals surface area contributed by atoms with Crippen molar-refractivity contribution in [1.82, 2.24) is 15.1 Å². The molecular formula is C11H19N3O4. The van der Waals surface area contributed by atoms with Crippen LogP contribution in [0.2, 0.25) is 0 Å². The number of carbonyl (C=O) groups is 2. The number of nitrogens with zero attached hydrogens (tertiary/aromatic N) is 2. The number of carbonyl (C=O) groups excluding carboxylic acids is 1. The van der Waals surface area contributed by atoms with Gasteiger partial charge in [0, 0.05) is 46.2 Å². The molecule has 2 aliphatic heterocycles. The summed E-state index contributed by atoms with van der Waals surface area (Å²) in [6.07, 6.45) is -0.991. The number of esters is 1. The fourth-order valence-electron chi connectivity index (χ4n) is 2.58. The lowest BCUT2D eigenvalue weighted by Crippen LogP contribution is -2.55. The van der Waals surface area contributed by atoms with E-state index in [2.05, 4.69) is 10.2 Å². The van der Waals surface area contributed by atoms with Gasteiger partial charge in [-0.05, 0) is 0 Å². The van der Waals surface area contributed by atoms with E-state index in [1.54, 1.807) is 0 Å². The normalized spacial score (nSPS) is 29.3. The molecular weight excluding hydrogens is 238 g/mol. The number of nitrogens with one attached hydrogen (secondary N) is 1. The van der Waals surface area contributed by atoms with Gasteiger partial charge >= 0.3 is 12.1 Å². The van der Waals surface area contributed by atoms with Gasteiger partial charge in [-0.25, -0.2) is 4.79 Å². The van der Waals surface area contributed by atoms with E-state index in [1.165, 1.54) is 11.8 Å². The van der Waals surface area contributed by atoms with E-state index in [9.17, 15) is 9.59 Å². The van der Waals surface area contributed by atoms with Crippen molar-refractivity contribution in [2.45, 2.75) is 19.1 Å². The summed E-state index contributed by atoms with van der Waals surface area (Å²) in [5.74, 6) is -0.266. The van der Waals surface area contributed by atoms with Gasteiger partial charge in [0.05, 0.1) is 6.04 Å². The average molecular weight is 257 g/mol. The summed E-state index contributed by atoms with van der Waals surface area (Å²) in [4.78, 5) is 25.5. The zero-order valence-electron chi connectivity index (χ0n) is 10.5. The highest BCUT2D eigenvalue weighted by Crippen LogP contribution is 2.15. The number of ether oxygens (including phenoxy) is 1. The highest BCUT2D eigenvalue weighted by Gasteiger charge is 2.36. The van der Waals surface area contributed by atoms with E-state index < -0.39 is 6.09 Å². The van der Waals surface area contributed by atoms with Gasteiger partial charge in [-0.15, -0.1) is 0 Å². The van der Waals surface area contributed by atoms with Gasteiger partial charge in [-0.3, -0.25) is 9.69 Å². The van der Waals surface area contributed by atoms with E-state index in [1.807, 2.05) is 0 Å². The van der Waals surface area contributed by atoms with Gasteiger partial charge in [0.15, 0.2) is 0 Å². The second kappa shape index (κ2) is 5.53. The zero-order valence-corrected chi connectivity index (χ0v) is 10.5. The third-order valence-corrected chi connectivity index (χ3v) is 3.50. The Bertz CT molecular complexity index is 328. The lowest BCUT2D eigenvalue weighted by atomic mass is 10.1. The molecule has 2 rings (SSSR count). The lowest BCUT2D eigenvalue weighted by Gasteiger charge is -2.38. The van der Waals surface area contributed by atoms with Gasteiger partial charge in [0.25, 0.3) is 0 Å². The van der Waals surface area contributed by atoms with Crippen LogP contribution in [0.4, 0.5) is 4.79 Å². The van der Waals surface area contributed by atoms with Gasteiger partial charge in [-0.2, -0.15) is 0 Å². The van der Waals surface area contributed by atoms with Crippen LogP contribution in [0.25, 0.3) is 0 Å². The minimum absolute atomic E-state index is 0.126. The number of hydrogen-bond acceptors (Lipinski definition) is 5. The monoisotopic (exact) mass is 257 g/mol. The van der Waals surface area contributed by atoms with Crippen LogP contribution in [-0.4, -0.2) is 78.4 Å². The number of piperazine rings is 1. The van der Waals surface area contributed by atoms with Crippen molar-refractivity contribution in [2.75, 3.05) is 39.3 Å². The molecule has 0 aromatic heterocycles. The van der Waals surface area contributed by atoms with E-state index in [0.29, 0.717) is 32.7 Å². The fraction of sp³-hybridized carbons (Fsp3) is 0.818. The maximum atomic E-state index is 11.0. The number of carboxylic acid groups (broad SMARTS) is 1. The predicted molar refractivity (Wildman–Crippen MR) is 63.4 cm³/mol.